The lowest BCUT2D eigenvalue weighted by Gasteiger charge is -2.12. The van der Waals surface area contributed by atoms with E-state index in [9.17, 15) is 0 Å². The summed E-state index contributed by atoms with van der Waals surface area (Å²) < 4.78 is 0. The SMILES string of the molecule is Cc1ccc2ccc3c(-c4ccc(-c5cccc(-c6cc(-c7ccc(-c8ccccc8)cc7)nc(-c7ccccc7)n6)c5)cc4)cc(C)nc3c2n1. The van der Waals surface area contributed by atoms with Crippen LogP contribution in [0.4, 0.5) is 0 Å². The first-order valence-corrected chi connectivity index (χ1v) is 17.6. The minimum atomic E-state index is 0.702. The summed E-state index contributed by atoms with van der Waals surface area (Å²) in [6, 6.07) is 59.5. The predicted molar refractivity (Wildman–Crippen MR) is 215 cm³/mol. The molecule has 0 saturated heterocycles. The molecule has 0 radical (unpaired) electrons. The van der Waals surface area contributed by atoms with Gasteiger partial charge in [-0.05, 0) is 71.5 Å². The highest BCUT2D eigenvalue weighted by molar-refractivity contribution is 6.08. The third kappa shape index (κ3) is 6.01. The van der Waals surface area contributed by atoms with E-state index in [1.165, 1.54) is 11.1 Å². The zero-order valence-corrected chi connectivity index (χ0v) is 29.0. The fourth-order valence-electron chi connectivity index (χ4n) is 6.96. The van der Waals surface area contributed by atoms with Crippen LogP contribution in [0.25, 0.3) is 89.1 Å². The summed E-state index contributed by atoms with van der Waals surface area (Å²) in [5.74, 6) is 0.702. The molecule has 3 heterocycles. The maximum Gasteiger partial charge on any atom is 0.160 e. The van der Waals surface area contributed by atoms with E-state index in [2.05, 4.69) is 153 Å². The normalized spacial score (nSPS) is 11.3. The van der Waals surface area contributed by atoms with Crippen molar-refractivity contribution in [2.24, 2.45) is 0 Å². The van der Waals surface area contributed by atoms with Crippen LogP contribution in [0.5, 0.6) is 0 Å². The third-order valence-electron chi connectivity index (χ3n) is 9.64. The Balaban J connectivity index is 1.08. The van der Waals surface area contributed by atoms with E-state index in [4.69, 9.17) is 19.9 Å². The highest BCUT2D eigenvalue weighted by Gasteiger charge is 2.14. The van der Waals surface area contributed by atoms with Gasteiger partial charge in [-0.3, -0.25) is 9.97 Å². The Morgan fingerprint density at radius 2 is 0.865 bits per heavy atom. The summed E-state index contributed by atoms with van der Waals surface area (Å²) in [5, 5.41) is 2.21. The number of rotatable bonds is 6. The highest BCUT2D eigenvalue weighted by Crippen LogP contribution is 2.35. The molecule has 3 aromatic heterocycles. The van der Waals surface area contributed by atoms with Crippen LogP contribution in [0.1, 0.15) is 11.4 Å². The Kier molecular flexibility index (Phi) is 7.90. The van der Waals surface area contributed by atoms with Crippen molar-refractivity contribution >= 4 is 21.8 Å². The molecular weight excluding hydrogens is 633 g/mol. The van der Waals surface area contributed by atoms with E-state index in [0.29, 0.717) is 5.82 Å². The summed E-state index contributed by atoms with van der Waals surface area (Å²) in [6.45, 7) is 4.08. The van der Waals surface area contributed by atoms with Gasteiger partial charge in [-0.25, -0.2) is 9.97 Å². The number of benzene rings is 6. The van der Waals surface area contributed by atoms with Crippen molar-refractivity contribution < 1.29 is 0 Å². The van der Waals surface area contributed by atoms with Gasteiger partial charge >= 0.3 is 0 Å². The van der Waals surface area contributed by atoms with Crippen LogP contribution in [0.2, 0.25) is 0 Å². The second kappa shape index (κ2) is 13.2. The number of pyridine rings is 2. The van der Waals surface area contributed by atoms with E-state index < -0.39 is 0 Å². The van der Waals surface area contributed by atoms with E-state index in [-0.39, 0.29) is 0 Å². The lowest BCUT2D eigenvalue weighted by atomic mass is 9.95. The van der Waals surface area contributed by atoms with Crippen LogP contribution in [-0.2, 0) is 0 Å². The molecule has 4 heteroatoms. The Morgan fingerprint density at radius 1 is 0.327 bits per heavy atom. The summed E-state index contributed by atoms with van der Waals surface area (Å²) >= 11 is 0. The van der Waals surface area contributed by atoms with Crippen LogP contribution >= 0.6 is 0 Å². The van der Waals surface area contributed by atoms with Gasteiger partial charge < -0.3 is 0 Å². The molecule has 246 valence electrons. The van der Waals surface area contributed by atoms with Gasteiger partial charge in [0.15, 0.2) is 5.82 Å². The Bertz CT molecular complexity index is 2720. The molecule has 0 unspecified atom stereocenters. The van der Waals surface area contributed by atoms with Crippen molar-refractivity contribution in [1.82, 2.24) is 19.9 Å². The third-order valence-corrected chi connectivity index (χ3v) is 9.64. The molecule has 0 aliphatic rings. The van der Waals surface area contributed by atoms with Crippen LogP contribution in [0, 0.1) is 13.8 Å². The monoisotopic (exact) mass is 666 g/mol. The van der Waals surface area contributed by atoms with Crippen LogP contribution < -0.4 is 0 Å². The molecule has 0 amide bonds. The molecule has 9 aromatic rings. The largest absolute Gasteiger partial charge is 0.251 e. The van der Waals surface area contributed by atoms with Gasteiger partial charge in [0.05, 0.1) is 22.4 Å². The second-order valence-electron chi connectivity index (χ2n) is 13.2. The topological polar surface area (TPSA) is 51.6 Å². The lowest BCUT2D eigenvalue weighted by molar-refractivity contribution is 1.18. The maximum absolute atomic E-state index is 5.10. The molecule has 0 fully saturated rings. The molecule has 0 atom stereocenters. The van der Waals surface area contributed by atoms with Crippen LogP contribution in [0.3, 0.4) is 0 Å². The molecular formula is C48H34N4. The number of hydrogen-bond donors (Lipinski definition) is 0. The van der Waals surface area contributed by atoms with Crippen molar-refractivity contribution in [3.63, 3.8) is 0 Å². The minimum Gasteiger partial charge on any atom is -0.251 e. The van der Waals surface area contributed by atoms with Gasteiger partial charge in [-0.1, -0.05) is 146 Å². The first-order valence-electron chi connectivity index (χ1n) is 17.6. The first kappa shape index (κ1) is 31.2. The number of fused-ring (bicyclic) bond motifs is 3. The Hall–Kier alpha value is -6.78. The molecule has 0 saturated carbocycles. The minimum absolute atomic E-state index is 0.702. The summed E-state index contributed by atoms with van der Waals surface area (Å²) in [4.78, 5) is 19.9. The maximum atomic E-state index is 5.10. The van der Waals surface area contributed by atoms with Gasteiger partial charge in [0.1, 0.15) is 0 Å². The Labute approximate surface area is 303 Å². The number of aryl methyl sites for hydroxylation is 2. The molecule has 0 spiro atoms. The average molecular weight is 667 g/mol. The summed E-state index contributed by atoms with van der Waals surface area (Å²) in [5.41, 5.74) is 15.6. The van der Waals surface area contributed by atoms with Gasteiger partial charge in [0.2, 0.25) is 0 Å². The number of aromatic nitrogens is 4. The smallest absolute Gasteiger partial charge is 0.160 e. The van der Waals surface area contributed by atoms with Crippen molar-refractivity contribution in [2.75, 3.05) is 0 Å². The van der Waals surface area contributed by atoms with Gasteiger partial charge in [0.25, 0.3) is 0 Å². The molecule has 6 aromatic carbocycles. The predicted octanol–water partition coefficient (Wildman–Crippen LogP) is 12.2. The first-order chi connectivity index (χ1) is 25.6. The zero-order valence-electron chi connectivity index (χ0n) is 29.0. The fraction of sp³-hybridized carbons (Fsp3) is 0.0417. The average Bonchev–Trinajstić information content (AvgIpc) is 3.21. The molecule has 9 rings (SSSR count). The van der Waals surface area contributed by atoms with Gasteiger partial charge in [0, 0.05) is 38.9 Å². The number of hydrogen-bond acceptors (Lipinski definition) is 4. The summed E-state index contributed by atoms with van der Waals surface area (Å²) in [6.07, 6.45) is 0. The zero-order chi connectivity index (χ0) is 35.0. The van der Waals surface area contributed by atoms with Gasteiger partial charge in [-0.15, -0.1) is 0 Å². The quantitative estimate of drug-likeness (QED) is 0.166. The van der Waals surface area contributed by atoms with E-state index in [1.807, 2.05) is 31.2 Å². The standard InChI is InChI=1S/C48H34N4/c1-31-16-17-38-26-27-42-43(28-32(2)50-47(42)46(38)49-31)36-22-18-35(19-23-36)40-14-9-15-41(29-40)45-30-44(51-48(52-45)39-12-7-4-8-13-39)37-24-20-34(21-25-37)33-10-5-3-6-11-33/h3-30H,1-2H3. The van der Waals surface area contributed by atoms with Crippen molar-refractivity contribution in [3.05, 3.63) is 181 Å². The van der Waals surface area contributed by atoms with Crippen molar-refractivity contribution in [1.29, 1.82) is 0 Å². The van der Waals surface area contributed by atoms with Crippen molar-refractivity contribution in [3.8, 4) is 67.3 Å². The van der Waals surface area contributed by atoms with E-state index in [0.717, 1.165) is 83.5 Å². The van der Waals surface area contributed by atoms with Gasteiger partial charge in [-0.2, -0.15) is 0 Å². The number of nitrogens with zero attached hydrogens (tertiary/aromatic N) is 4. The van der Waals surface area contributed by atoms with E-state index in [1.54, 1.807) is 0 Å². The lowest BCUT2D eigenvalue weighted by Crippen LogP contribution is -1.96. The van der Waals surface area contributed by atoms with E-state index >= 15 is 0 Å². The Morgan fingerprint density at radius 3 is 1.60 bits per heavy atom. The molecule has 0 aliphatic carbocycles. The van der Waals surface area contributed by atoms with Crippen LogP contribution in [0.15, 0.2) is 170 Å². The molecule has 0 N–H and O–H groups in total. The molecule has 52 heavy (non-hydrogen) atoms. The molecule has 0 aliphatic heterocycles. The fourth-order valence-corrected chi connectivity index (χ4v) is 6.96. The van der Waals surface area contributed by atoms with Crippen molar-refractivity contribution in [2.45, 2.75) is 13.8 Å². The molecule has 4 nitrogen and oxygen atoms in total. The van der Waals surface area contributed by atoms with Crippen LogP contribution in [-0.4, -0.2) is 19.9 Å². The summed E-state index contributed by atoms with van der Waals surface area (Å²) in [7, 11) is 0. The second-order valence-corrected chi connectivity index (χ2v) is 13.2. The molecule has 0 bridgehead atoms. The highest BCUT2D eigenvalue weighted by atomic mass is 14.9.